The molecule has 36 heavy (non-hydrogen) atoms. The molecule has 0 atom stereocenters. The lowest BCUT2D eigenvalue weighted by molar-refractivity contribution is 0.0951. The topological polar surface area (TPSA) is 112 Å². The zero-order chi connectivity index (χ0) is 25.5. The smallest absolute Gasteiger partial charge is 0.255 e. The molecule has 0 unspecified atom stereocenters. The fraction of sp³-hybridized carbons (Fsp3) is 0.200. The fourth-order valence-electron chi connectivity index (χ4n) is 3.52. The van der Waals surface area contributed by atoms with Gasteiger partial charge >= 0.3 is 0 Å². The summed E-state index contributed by atoms with van der Waals surface area (Å²) in [5.74, 6) is 1.10. The molecule has 0 fully saturated rings. The van der Waals surface area contributed by atoms with Gasteiger partial charge in [0, 0.05) is 24.0 Å². The van der Waals surface area contributed by atoms with E-state index in [4.69, 9.17) is 14.2 Å². The number of aromatic nitrogens is 4. The molecule has 0 bridgehead atoms. The Hall–Kier alpha value is -4.67. The zero-order valence-electron chi connectivity index (χ0n) is 20.0. The molecule has 2 aromatic carbocycles. The third-order valence-corrected chi connectivity index (χ3v) is 5.25. The Labute approximate surface area is 207 Å². The van der Waals surface area contributed by atoms with Crippen LogP contribution in [-0.4, -0.2) is 47.2 Å². The van der Waals surface area contributed by atoms with Crippen LogP contribution in [0.4, 0.5) is 15.9 Å². The molecular weight excluding hydrogens is 467 g/mol. The molecule has 0 saturated carbocycles. The van der Waals surface area contributed by atoms with Crippen LogP contribution >= 0.6 is 0 Å². The number of benzene rings is 2. The predicted molar refractivity (Wildman–Crippen MR) is 130 cm³/mol. The van der Waals surface area contributed by atoms with Gasteiger partial charge < -0.3 is 24.8 Å². The SMILES string of the molecule is COc1cc(Nc2ncccc2C(=O)NCc2cn(Cc3ccc(F)cc3)nn2)cc(OC)c1OC. The Balaban J connectivity index is 1.44. The molecule has 1 amide bonds. The van der Waals surface area contributed by atoms with E-state index in [1.54, 1.807) is 53.5 Å². The Morgan fingerprint density at radius 1 is 1.03 bits per heavy atom. The number of pyridine rings is 1. The second-order valence-electron chi connectivity index (χ2n) is 7.66. The molecule has 2 heterocycles. The van der Waals surface area contributed by atoms with Crippen molar-refractivity contribution in [2.45, 2.75) is 13.1 Å². The monoisotopic (exact) mass is 492 g/mol. The average molecular weight is 493 g/mol. The van der Waals surface area contributed by atoms with E-state index in [1.807, 2.05) is 0 Å². The summed E-state index contributed by atoms with van der Waals surface area (Å²) in [6, 6.07) is 12.9. The van der Waals surface area contributed by atoms with Gasteiger partial charge in [-0.2, -0.15) is 0 Å². The molecule has 10 nitrogen and oxygen atoms in total. The van der Waals surface area contributed by atoms with Crippen LogP contribution in [0.3, 0.4) is 0 Å². The molecule has 0 aliphatic heterocycles. The van der Waals surface area contributed by atoms with Crippen molar-refractivity contribution < 1.29 is 23.4 Å². The molecule has 0 saturated heterocycles. The van der Waals surface area contributed by atoms with Crippen molar-refractivity contribution in [3.8, 4) is 17.2 Å². The lowest BCUT2D eigenvalue weighted by Crippen LogP contribution is -2.24. The van der Waals surface area contributed by atoms with Crippen LogP contribution in [0.1, 0.15) is 21.6 Å². The highest BCUT2D eigenvalue weighted by molar-refractivity contribution is 5.99. The number of methoxy groups -OCH3 is 3. The molecule has 11 heteroatoms. The van der Waals surface area contributed by atoms with E-state index in [9.17, 15) is 9.18 Å². The number of nitrogens with zero attached hydrogens (tertiary/aromatic N) is 4. The number of anilines is 2. The summed E-state index contributed by atoms with van der Waals surface area (Å²) in [6.45, 7) is 0.605. The quantitative estimate of drug-likeness (QED) is 0.346. The third-order valence-electron chi connectivity index (χ3n) is 5.25. The highest BCUT2D eigenvalue weighted by Crippen LogP contribution is 2.40. The average Bonchev–Trinajstić information content (AvgIpc) is 3.35. The van der Waals surface area contributed by atoms with E-state index in [1.165, 1.54) is 33.5 Å². The Morgan fingerprint density at radius 3 is 2.42 bits per heavy atom. The number of hydrogen-bond acceptors (Lipinski definition) is 8. The van der Waals surface area contributed by atoms with Crippen molar-refractivity contribution in [1.82, 2.24) is 25.3 Å². The summed E-state index contributed by atoms with van der Waals surface area (Å²) in [4.78, 5) is 17.3. The van der Waals surface area contributed by atoms with Crippen molar-refractivity contribution in [1.29, 1.82) is 0 Å². The van der Waals surface area contributed by atoms with Gasteiger partial charge in [0.15, 0.2) is 11.5 Å². The molecule has 0 aliphatic rings. The molecule has 0 radical (unpaired) electrons. The van der Waals surface area contributed by atoms with E-state index in [0.29, 0.717) is 46.6 Å². The van der Waals surface area contributed by atoms with Gasteiger partial charge in [-0.05, 0) is 29.8 Å². The van der Waals surface area contributed by atoms with E-state index < -0.39 is 0 Å². The van der Waals surface area contributed by atoms with Gasteiger partial charge in [0.05, 0.1) is 46.2 Å². The van der Waals surface area contributed by atoms with E-state index in [2.05, 4.69) is 25.9 Å². The van der Waals surface area contributed by atoms with Crippen LogP contribution in [0.2, 0.25) is 0 Å². The van der Waals surface area contributed by atoms with E-state index >= 15 is 0 Å². The van der Waals surface area contributed by atoms with Crippen LogP contribution < -0.4 is 24.8 Å². The van der Waals surface area contributed by atoms with E-state index in [0.717, 1.165) is 5.56 Å². The molecule has 4 rings (SSSR count). The van der Waals surface area contributed by atoms with Gasteiger partial charge in [-0.1, -0.05) is 17.3 Å². The fourth-order valence-corrected chi connectivity index (χ4v) is 3.52. The first-order chi connectivity index (χ1) is 17.5. The highest BCUT2D eigenvalue weighted by atomic mass is 19.1. The summed E-state index contributed by atoms with van der Waals surface area (Å²) in [6.07, 6.45) is 3.31. The predicted octanol–water partition coefficient (Wildman–Crippen LogP) is 3.56. The van der Waals surface area contributed by atoms with E-state index in [-0.39, 0.29) is 18.3 Å². The maximum atomic E-state index is 13.1. The first kappa shape index (κ1) is 24.5. The number of carbonyl (C=O) groups excluding carboxylic acids is 1. The largest absolute Gasteiger partial charge is 0.493 e. The number of rotatable bonds is 10. The molecule has 0 spiro atoms. The molecule has 2 N–H and O–H groups in total. The maximum Gasteiger partial charge on any atom is 0.255 e. The number of halogens is 1. The minimum atomic E-state index is -0.342. The van der Waals surface area contributed by atoms with Crippen LogP contribution in [0.15, 0.2) is 60.9 Å². The summed E-state index contributed by atoms with van der Waals surface area (Å²) < 4.78 is 30.9. The summed E-state index contributed by atoms with van der Waals surface area (Å²) in [7, 11) is 4.57. The standard InChI is InChI=1S/C25H25FN6O4/c1-34-21-11-18(12-22(35-2)23(21)36-3)29-24-20(5-4-10-27-24)25(33)28-13-19-15-32(31-30-19)14-16-6-8-17(26)9-7-16/h4-12,15H,13-14H2,1-3H3,(H,27,29)(H,28,33). The van der Waals surface area contributed by atoms with Gasteiger partial charge in [0.1, 0.15) is 17.3 Å². The van der Waals surface area contributed by atoms with Crippen LogP contribution in [0, 0.1) is 5.82 Å². The van der Waals surface area contributed by atoms with Crippen molar-refractivity contribution >= 4 is 17.4 Å². The highest BCUT2D eigenvalue weighted by Gasteiger charge is 2.17. The summed E-state index contributed by atoms with van der Waals surface area (Å²) in [5, 5.41) is 14.1. The summed E-state index contributed by atoms with van der Waals surface area (Å²) >= 11 is 0. The Morgan fingerprint density at radius 2 is 1.75 bits per heavy atom. The number of hydrogen-bond donors (Lipinski definition) is 2. The zero-order valence-corrected chi connectivity index (χ0v) is 20.0. The lowest BCUT2D eigenvalue weighted by Gasteiger charge is -2.16. The number of carbonyl (C=O) groups is 1. The van der Waals surface area contributed by atoms with Crippen molar-refractivity contribution in [3.05, 3.63) is 83.6 Å². The molecule has 2 aromatic heterocycles. The Kier molecular flexibility index (Phi) is 7.59. The molecular formula is C25H25FN6O4. The van der Waals surface area contributed by atoms with Crippen LogP contribution in [-0.2, 0) is 13.1 Å². The van der Waals surface area contributed by atoms with Gasteiger partial charge in [0.2, 0.25) is 5.75 Å². The molecule has 0 aliphatic carbocycles. The second-order valence-corrected chi connectivity index (χ2v) is 7.66. The van der Waals surface area contributed by atoms with Crippen molar-refractivity contribution in [3.63, 3.8) is 0 Å². The Bertz CT molecular complexity index is 1320. The van der Waals surface area contributed by atoms with Gasteiger partial charge in [-0.15, -0.1) is 5.10 Å². The first-order valence-corrected chi connectivity index (χ1v) is 10.9. The normalized spacial score (nSPS) is 10.6. The van der Waals surface area contributed by atoms with Gasteiger partial charge in [0.25, 0.3) is 5.91 Å². The summed E-state index contributed by atoms with van der Waals surface area (Å²) in [5.41, 5.74) is 2.40. The lowest BCUT2D eigenvalue weighted by atomic mass is 10.2. The number of ether oxygens (including phenoxy) is 3. The minimum Gasteiger partial charge on any atom is -0.493 e. The first-order valence-electron chi connectivity index (χ1n) is 10.9. The van der Waals surface area contributed by atoms with Crippen LogP contribution in [0.25, 0.3) is 0 Å². The third kappa shape index (κ3) is 5.69. The molecule has 4 aromatic rings. The molecule has 186 valence electrons. The van der Waals surface area contributed by atoms with Crippen molar-refractivity contribution in [2.75, 3.05) is 26.6 Å². The van der Waals surface area contributed by atoms with Gasteiger partial charge in [-0.25, -0.2) is 14.1 Å². The number of nitrogens with one attached hydrogen (secondary N) is 2. The maximum absolute atomic E-state index is 13.1. The van der Waals surface area contributed by atoms with Gasteiger partial charge in [-0.3, -0.25) is 4.79 Å². The van der Waals surface area contributed by atoms with Crippen LogP contribution in [0.5, 0.6) is 17.2 Å². The minimum absolute atomic E-state index is 0.167. The second kappa shape index (κ2) is 11.2. The van der Waals surface area contributed by atoms with Crippen molar-refractivity contribution in [2.24, 2.45) is 0 Å². The number of amides is 1.